The van der Waals surface area contributed by atoms with Crippen molar-refractivity contribution in [2.24, 2.45) is 0 Å². The number of amides is 1. The maximum atomic E-state index is 13.5. The molecule has 0 bridgehead atoms. The van der Waals surface area contributed by atoms with Gasteiger partial charge in [-0.3, -0.25) is 4.79 Å². The molecule has 32 heavy (non-hydrogen) atoms. The number of carbonyl (C=O) groups excluding carboxylic acids is 1. The number of ether oxygens (including phenoxy) is 1. The van der Waals surface area contributed by atoms with Gasteiger partial charge in [-0.2, -0.15) is 4.31 Å². The van der Waals surface area contributed by atoms with Crippen molar-refractivity contribution in [2.75, 3.05) is 25.6 Å². The van der Waals surface area contributed by atoms with Crippen LogP contribution < -0.4 is 9.64 Å². The highest BCUT2D eigenvalue weighted by atomic mass is 32.2. The first-order chi connectivity index (χ1) is 15.3. The Bertz CT molecular complexity index is 1260. The first-order valence-electron chi connectivity index (χ1n) is 10.8. The van der Waals surface area contributed by atoms with E-state index in [1.165, 1.54) is 22.4 Å². The molecule has 3 aromatic carbocycles. The van der Waals surface area contributed by atoms with Crippen molar-refractivity contribution in [3.63, 3.8) is 0 Å². The zero-order valence-electron chi connectivity index (χ0n) is 18.6. The minimum atomic E-state index is -3.79. The topological polar surface area (TPSA) is 66.9 Å². The van der Waals surface area contributed by atoms with Crippen LogP contribution in [0.5, 0.6) is 5.75 Å². The first kappa shape index (κ1) is 22.3. The van der Waals surface area contributed by atoms with E-state index in [1.807, 2.05) is 49.4 Å². The lowest BCUT2D eigenvalue weighted by molar-refractivity contribution is 0.0993. The minimum absolute atomic E-state index is 0.0338. The molecule has 1 amide bonds. The van der Waals surface area contributed by atoms with E-state index in [-0.39, 0.29) is 22.6 Å². The van der Waals surface area contributed by atoms with Crippen LogP contribution in [0, 0.1) is 0 Å². The Morgan fingerprint density at radius 2 is 1.78 bits per heavy atom. The van der Waals surface area contributed by atoms with Crippen LogP contribution in [-0.2, 0) is 10.0 Å². The van der Waals surface area contributed by atoms with Gasteiger partial charge >= 0.3 is 0 Å². The Labute approximate surface area is 189 Å². The van der Waals surface area contributed by atoms with Gasteiger partial charge < -0.3 is 9.64 Å². The first-order valence-corrected chi connectivity index (χ1v) is 12.2. The van der Waals surface area contributed by atoms with E-state index in [4.69, 9.17) is 4.74 Å². The number of benzene rings is 3. The van der Waals surface area contributed by atoms with E-state index in [9.17, 15) is 13.2 Å². The van der Waals surface area contributed by atoms with Gasteiger partial charge in [0.15, 0.2) is 0 Å². The summed E-state index contributed by atoms with van der Waals surface area (Å²) in [7, 11) is -0.658. The lowest BCUT2D eigenvalue weighted by Crippen LogP contribution is -2.42. The summed E-state index contributed by atoms with van der Waals surface area (Å²) in [6, 6.07) is 18.3. The molecule has 1 unspecified atom stereocenters. The number of hydrogen-bond donors (Lipinski definition) is 0. The third-order valence-electron chi connectivity index (χ3n) is 6.16. The monoisotopic (exact) mass is 452 g/mol. The molecule has 1 aliphatic heterocycles. The maximum Gasteiger partial charge on any atom is 0.258 e. The highest BCUT2D eigenvalue weighted by Crippen LogP contribution is 2.32. The molecular formula is C25H28N2O4S. The van der Waals surface area contributed by atoms with Crippen molar-refractivity contribution in [3.05, 3.63) is 66.2 Å². The Morgan fingerprint density at radius 3 is 2.50 bits per heavy atom. The Hall–Kier alpha value is -2.90. The summed E-state index contributed by atoms with van der Waals surface area (Å²) in [6.45, 7) is 2.40. The predicted molar refractivity (Wildman–Crippen MR) is 127 cm³/mol. The highest BCUT2D eigenvalue weighted by Gasteiger charge is 2.33. The van der Waals surface area contributed by atoms with Gasteiger partial charge in [-0.05, 0) is 60.9 Å². The molecule has 0 N–H and O–H groups in total. The van der Waals surface area contributed by atoms with Gasteiger partial charge in [0.2, 0.25) is 10.0 Å². The van der Waals surface area contributed by atoms with E-state index in [0.29, 0.717) is 12.1 Å². The zero-order valence-corrected chi connectivity index (χ0v) is 19.4. The summed E-state index contributed by atoms with van der Waals surface area (Å²) < 4.78 is 33.8. The molecule has 1 fully saturated rings. The van der Waals surface area contributed by atoms with Crippen LogP contribution in [0.2, 0.25) is 0 Å². The molecule has 0 aromatic heterocycles. The number of fused-ring (bicyclic) bond motifs is 1. The van der Waals surface area contributed by atoms with Gasteiger partial charge in [-0.15, -0.1) is 0 Å². The molecule has 6 nitrogen and oxygen atoms in total. The molecule has 1 heterocycles. The molecule has 1 aliphatic rings. The third kappa shape index (κ3) is 4.10. The second kappa shape index (κ2) is 8.92. The number of piperidine rings is 1. The zero-order chi connectivity index (χ0) is 22.9. The van der Waals surface area contributed by atoms with E-state index in [1.54, 1.807) is 19.2 Å². The van der Waals surface area contributed by atoms with Crippen LogP contribution in [0.3, 0.4) is 0 Å². The van der Waals surface area contributed by atoms with E-state index < -0.39 is 10.0 Å². The fraction of sp³-hybridized carbons (Fsp3) is 0.320. The van der Waals surface area contributed by atoms with Gasteiger partial charge in [-0.25, -0.2) is 8.42 Å². The summed E-state index contributed by atoms with van der Waals surface area (Å²) in [5.74, 6) is -0.0428. The molecule has 3 aromatic rings. The number of methoxy groups -OCH3 is 1. The second-order valence-electron chi connectivity index (χ2n) is 8.22. The van der Waals surface area contributed by atoms with Gasteiger partial charge in [0, 0.05) is 30.9 Å². The van der Waals surface area contributed by atoms with Crippen LogP contribution in [-0.4, -0.2) is 45.4 Å². The maximum absolute atomic E-state index is 13.5. The second-order valence-corrected chi connectivity index (χ2v) is 10.1. The quantitative estimate of drug-likeness (QED) is 0.563. The molecular weight excluding hydrogens is 424 g/mol. The Kier molecular flexibility index (Phi) is 6.22. The normalized spacial score (nSPS) is 17.3. The number of nitrogens with zero attached hydrogens (tertiary/aromatic N) is 2. The molecule has 0 aliphatic carbocycles. The van der Waals surface area contributed by atoms with Crippen LogP contribution >= 0.6 is 0 Å². The van der Waals surface area contributed by atoms with Gasteiger partial charge in [-0.1, -0.05) is 36.8 Å². The molecule has 1 saturated heterocycles. The van der Waals surface area contributed by atoms with Crippen LogP contribution in [0.4, 0.5) is 5.69 Å². The average molecular weight is 453 g/mol. The summed E-state index contributed by atoms with van der Waals surface area (Å²) in [5.41, 5.74) is 1.03. The highest BCUT2D eigenvalue weighted by molar-refractivity contribution is 7.89. The standard InChI is InChI=1S/C25H28N2O4S/c1-18-8-6-7-15-27(18)32(29,30)24-17-21(12-14-23(24)31-3)25(28)26(2)22-13-11-19-9-4-5-10-20(19)16-22/h4-5,9-14,16-18H,6-8,15H2,1-3H3. The van der Waals surface area contributed by atoms with Crippen LogP contribution in [0.1, 0.15) is 36.5 Å². The fourth-order valence-corrected chi connectivity index (χ4v) is 6.15. The van der Waals surface area contributed by atoms with Crippen molar-refractivity contribution < 1.29 is 17.9 Å². The number of carbonyl (C=O) groups is 1. The summed E-state index contributed by atoms with van der Waals surface area (Å²) >= 11 is 0. The number of sulfonamides is 1. The lowest BCUT2D eigenvalue weighted by Gasteiger charge is -2.32. The minimum Gasteiger partial charge on any atom is -0.495 e. The molecule has 0 saturated carbocycles. The van der Waals surface area contributed by atoms with E-state index in [0.717, 1.165) is 35.7 Å². The molecule has 4 rings (SSSR count). The summed E-state index contributed by atoms with van der Waals surface area (Å²) in [5, 5.41) is 2.12. The molecule has 1 atom stereocenters. The van der Waals surface area contributed by atoms with Gasteiger partial charge in [0.1, 0.15) is 10.6 Å². The SMILES string of the molecule is COc1ccc(C(=O)N(C)c2ccc3ccccc3c2)cc1S(=O)(=O)N1CCCCC1C. The lowest BCUT2D eigenvalue weighted by atomic mass is 10.1. The summed E-state index contributed by atoms with van der Waals surface area (Å²) in [6.07, 6.45) is 2.67. The van der Waals surface area contributed by atoms with Crippen molar-refractivity contribution >= 4 is 32.4 Å². The van der Waals surface area contributed by atoms with Crippen molar-refractivity contribution in [2.45, 2.75) is 37.1 Å². The van der Waals surface area contributed by atoms with E-state index in [2.05, 4.69) is 0 Å². The molecule has 0 radical (unpaired) electrons. The molecule has 0 spiro atoms. The predicted octanol–water partition coefficient (Wildman–Crippen LogP) is 4.69. The van der Waals surface area contributed by atoms with Crippen molar-refractivity contribution in [1.82, 2.24) is 4.31 Å². The Morgan fingerprint density at radius 1 is 1.03 bits per heavy atom. The van der Waals surface area contributed by atoms with Crippen molar-refractivity contribution in [3.8, 4) is 5.75 Å². The smallest absolute Gasteiger partial charge is 0.258 e. The van der Waals surface area contributed by atoms with Crippen molar-refractivity contribution in [1.29, 1.82) is 0 Å². The number of rotatable bonds is 5. The van der Waals surface area contributed by atoms with E-state index >= 15 is 0 Å². The average Bonchev–Trinajstić information content (AvgIpc) is 2.82. The van der Waals surface area contributed by atoms with Crippen LogP contribution in [0.15, 0.2) is 65.6 Å². The fourth-order valence-electron chi connectivity index (χ4n) is 4.26. The van der Waals surface area contributed by atoms with Crippen LogP contribution in [0.25, 0.3) is 10.8 Å². The Balaban J connectivity index is 1.69. The largest absolute Gasteiger partial charge is 0.495 e. The third-order valence-corrected chi connectivity index (χ3v) is 8.20. The molecule has 7 heteroatoms. The number of hydrogen-bond acceptors (Lipinski definition) is 4. The van der Waals surface area contributed by atoms with Gasteiger partial charge in [0.25, 0.3) is 5.91 Å². The summed E-state index contributed by atoms with van der Waals surface area (Å²) in [4.78, 5) is 14.8. The molecule has 168 valence electrons. The van der Waals surface area contributed by atoms with Gasteiger partial charge in [0.05, 0.1) is 7.11 Å². The number of anilines is 1.